The summed E-state index contributed by atoms with van der Waals surface area (Å²) >= 11 is 0. The van der Waals surface area contributed by atoms with Crippen molar-refractivity contribution in [2.24, 2.45) is 0 Å². The van der Waals surface area contributed by atoms with E-state index < -0.39 is 29.7 Å². The number of benzene rings is 4. The third-order valence-electron chi connectivity index (χ3n) is 8.62. The smallest absolute Gasteiger partial charge is 0.407 e. The van der Waals surface area contributed by atoms with E-state index >= 15 is 9.59 Å². The molecule has 1 aliphatic heterocycles. The molecule has 1 aliphatic rings. The molecule has 9 nitrogen and oxygen atoms in total. The first-order chi connectivity index (χ1) is 24.6. The maximum absolute atomic E-state index is 15.2. The van der Waals surface area contributed by atoms with E-state index in [0.717, 1.165) is 30.4 Å². The van der Waals surface area contributed by atoms with E-state index in [9.17, 15) is 9.59 Å². The highest BCUT2D eigenvalue weighted by Crippen LogP contribution is 2.43. The number of nitrogens with zero attached hydrogens (tertiary/aromatic N) is 2. The maximum Gasteiger partial charge on any atom is 0.407 e. The number of carbonyl (C=O) groups excluding carboxylic acids is 4. The number of para-hydroxylation sites is 1. The second-order valence-electron chi connectivity index (χ2n) is 13.6. The minimum Gasteiger partial charge on any atom is -0.466 e. The molecule has 0 spiro atoms. The molecular weight excluding hydrogens is 642 g/mol. The Morgan fingerprint density at radius 1 is 0.824 bits per heavy atom. The molecule has 2 atom stereocenters. The summed E-state index contributed by atoms with van der Waals surface area (Å²) in [6.45, 7) is 7.93. The Morgan fingerprint density at radius 2 is 1.47 bits per heavy atom. The minimum absolute atomic E-state index is 0.127. The first-order valence-corrected chi connectivity index (χ1v) is 17.6. The summed E-state index contributed by atoms with van der Waals surface area (Å²) in [5.74, 6) is -1.13. The lowest BCUT2D eigenvalue weighted by Gasteiger charge is -2.37. The van der Waals surface area contributed by atoms with Crippen LogP contribution in [-0.2, 0) is 25.5 Å². The van der Waals surface area contributed by atoms with Gasteiger partial charge < -0.3 is 19.7 Å². The van der Waals surface area contributed by atoms with Gasteiger partial charge >= 0.3 is 12.1 Å². The average molecular weight is 690 g/mol. The van der Waals surface area contributed by atoms with Crippen LogP contribution in [-0.4, -0.2) is 47.5 Å². The third-order valence-corrected chi connectivity index (χ3v) is 8.62. The van der Waals surface area contributed by atoms with Crippen molar-refractivity contribution in [2.45, 2.75) is 77.5 Å². The Hall–Kier alpha value is -5.44. The summed E-state index contributed by atoms with van der Waals surface area (Å²) in [6, 6.07) is 31.8. The van der Waals surface area contributed by atoms with Gasteiger partial charge in [0.05, 0.1) is 30.3 Å². The number of amides is 3. The molecule has 1 N–H and O–H groups in total. The monoisotopic (exact) mass is 689 g/mol. The molecule has 0 bridgehead atoms. The zero-order valence-electron chi connectivity index (χ0n) is 29.8. The summed E-state index contributed by atoms with van der Waals surface area (Å²) in [5, 5.41) is 2.80. The number of esters is 1. The molecule has 4 aromatic carbocycles. The quantitative estimate of drug-likeness (QED) is 0.112. The van der Waals surface area contributed by atoms with Gasteiger partial charge in [-0.25, -0.2) is 4.79 Å². The lowest BCUT2D eigenvalue weighted by atomic mass is 9.95. The van der Waals surface area contributed by atoms with Gasteiger partial charge in [0.1, 0.15) is 11.6 Å². The van der Waals surface area contributed by atoms with Crippen molar-refractivity contribution in [1.82, 2.24) is 10.2 Å². The first-order valence-electron chi connectivity index (χ1n) is 17.6. The van der Waals surface area contributed by atoms with Gasteiger partial charge in [-0.2, -0.15) is 0 Å². The van der Waals surface area contributed by atoms with Crippen LogP contribution < -0.4 is 10.2 Å². The number of hydrogen-bond acceptors (Lipinski definition) is 6. The van der Waals surface area contributed by atoms with E-state index in [1.807, 2.05) is 130 Å². The van der Waals surface area contributed by atoms with E-state index in [1.54, 1.807) is 16.7 Å². The standard InChI is InChI=1S/C42H47N3O6/c1-5-50-37(46)29-36(31-19-11-6-12-20-31)45-38(32-21-13-7-14-22-32)40(48)44(33-23-15-8-16-24-33)35-26-25-30(28-34(35)39(45)47)18-10-9-17-27-43-41(49)51-42(2,3)4/h6-8,11-16,19-26,28,36,38H,5,9-10,17-18,27,29H2,1-4H3,(H,43,49). The first kappa shape index (κ1) is 36.8. The molecule has 1 heterocycles. The second kappa shape index (κ2) is 17.0. The van der Waals surface area contributed by atoms with Crippen LogP contribution in [0.25, 0.3) is 0 Å². The molecule has 266 valence electrons. The Kier molecular flexibility index (Phi) is 12.3. The van der Waals surface area contributed by atoms with Crippen LogP contribution >= 0.6 is 0 Å². The number of unbranched alkanes of at least 4 members (excludes halogenated alkanes) is 2. The molecule has 0 saturated carbocycles. The predicted octanol–water partition coefficient (Wildman–Crippen LogP) is 8.48. The van der Waals surface area contributed by atoms with Crippen LogP contribution in [0.3, 0.4) is 0 Å². The van der Waals surface area contributed by atoms with Crippen LogP contribution in [0, 0.1) is 0 Å². The summed E-state index contributed by atoms with van der Waals surface area (Å²) in [4.78, 5) is 58.6. The fraction of sp³-hybridized carbons (Fsp3) is 0.333. The van der Waals surface area contributed by atoms with Gasteiger partial charge in [-0.05, 0) is 87.9 Å². The summed E-state index contributed by atoms with van der Waals surface area (Å²) in [6.07, 6.45) is 2.60. The van der Waals surface area contributed by atoms with Gasteiger partial charge in [-0.3, -0.25) is 19.3 Å². The zero-order valence-corrected chi connectivity index (χ0v) is 29.8. The maximum atomic E-state index is 15.2. The summed E-state index contributed by atoms with van der Waals surface area (Å²) in [5.41, 5.74) is 3.23. The number of fused-ring (bicyclic) bond motifs is 1. The molecule has 3 amide bonds. The van der Waals surface area contributed by atoms with E-state index in [1.165, 1.54) is 0 Å². The molecule has 2 unspecified atom stereocenters. The predicted molar refractivity (Wildman–Crippen MR) is 198 cm³/mol. The SMILES string of the molecule is CCOC(=O)CC(c1ccccc1)N1C(=O)c2cc(CCCCCNC(=O)OC(C)(C)C)ccc2N(c2ccccc2)C(=O)C1c1ccccc1. The topological polar surface area (TPSA) is 105 Å². The molecule has 0 fully saturated rings. The number of nitrogens with one attached hydrogen (secondary N) is 1. The Morgan fingerprint density at radius 3 is 2.12 bits per heavy atom. The summed E-state index contributed by atoms with van der Waals surface area (Å²) < 4.78 is 10.7. The van der Waals surface area contributed by atoms with Crippen molar-refractivity contribution in [2.75, 3.05) is 18.1 Å². The molecule has 9 heteroatoms. The van der Waals surface area contributed by atoms with Crippen molar-refractivity contribution in [3.8, 4) is 0 Å². The molecule has 4 aromatic rings. The van der Waals surface area contributed by atoms with E-state index in [2.05, 4.69) is 5.32 Å². The van der Waals surface area contributed by atoms with Crippen molar-refractivity contribution in [3.05, 3.63) is 131 Å². The van der Waals surface area contributed by atoms with Crippen LogP contribution in [0.2, 0.25) is 0 Å². The molecule has 0 aromatic heterocycles. The minimum atomic E-state index is -1.05. The largest absolute Gasteiger partial charge is 0.466 e. The van der Waals surface area contributed by atoms with Crippen molar-refractivity contribution < 1.29 is 28.7 Å². The fourth-order valence-electron chi connectivity index (χ4n) is 6.39. The van der Waals surface area contributed by atoms with Gasteiger partial charge in [-0.15, -0.1) is 0 Å². The Bertz CT molecular complexity index is 1790. The van der Waals surface area contributed by atoms with Crippen LogP contribution in [0.1, 0.15) is 92.5 Å². The summed E-state index contributed by atoms with van der Waals surface area (Å²) in [7, 11) is 0. The van der Waals surface area contributed by atoms with Crippen molar-refractivity contribution in [1.29, 1.82) is 0 Å². The zero-order chi connectivity index (χ0) is 36.4. The van der Waals surface area contributed by atoms with Crippen molar-refractivity contribution >= 4 is 35.3 Å². The van der Waals surface area contributed by atoms with Gasteiger partial charge in [0, 0.05) is 12.2 Å². The highest BCUT2D eigenvalue weighted by atomic mass is 16.6. The average Bonchev–Trinajstić information content (AvgIpc) is 3.20. The highest BCUT2D eigenvalue weighted by molar-refractivity contribution is 6.14. The number of ether oxygens (including phenoxy) is 2. The van der Waals surface area contributed by atoms with E-state index in [4.69, 9.17) is 9.47 Å². The number of aryl methyl sites for hydroxylation is 1. The highest BCUT2D eigenvalue weighted by Gasteiger charge is 2.45. The van der Waals surface area contributed by atoms with Crippen LogP contribution in [0.15, 0.2) is 109 Å². The van der Waals surface area contributed by atoms with Crippen molar-refractivity contribution in [3.63, 3.8) is 0 Å². The molecule has 0 radical (unpaired) electrons. The Labute approximate surface area is 300 Å². The number of hydrogen-bond donors (Lipinski definition) is 1. The number of anilines is 2. The molecule has 51 heavy (non-hydrogen) atoms. The normalized spacial score (nSPS) is 15.1. The van der Waals surface area contributed by atoms with Gasteiger partial charge in [0.15, 0.2) is 0 Å². The molecule has 0 aliphatic carbocycles. The third kappa shape index (κ3) is 9.42. The van der Waals surface area contributed by atoms with Crippen LogP contribution in [0.4, 0.5) is 16.2 Å². The second-order valence-corrected chi connectivity index (χ2v) is 13.6. The van der Waals surface area contributed by atoms with E-state index in [-0.39, 0.29) is 24.8 Å². The molecular formula is C42H47N3O6. The van der Waals surface area contributed by atoms with Crippen LogP contribution in [0.5, 0.6) is 0 Å². The van der Waals surface area contributed by atoms with Gasteiger partial charge in [0.25, 0.3) is 11.8 Å². The van der Waals surface area contributed by atoms with E-state index in [0.29, 0.717) is 35.5 Å². The number of rotatable bonds is 13. The van der Waals surface area contributed by atoms with Gasteiger partial charge in [0.2, 0.25) is 0 Å². The number of alkyl carbamates (subject to hydrolysis) is 1. The number of carbonyl (C=O) groups is 4. The lowest BCUT2D eigenvalue weighted by molar-refractivity contribution is -0.145. The molecule has 0 saturated heterocycles. The lowest BCUT2D eigenvalue weighted by Crippen LogP contribution is -2.43. The van der Waals surface area contributed by atoms with Gasteiger partial charge in [-0.1, -0.05) is 91.3 Å². The molecule has 5 rings (SSSR count). The Balaban J connectivity index is 1.53. The fourth-order valence-corrected chi connectivity index (χ4v) is 6.39.